The Balaban J connectivity index is 0.000000275. The molecule has 0 aromatic heterocycles. The topological polar surface area (TPSA) is 66.4 Å². The molecule has 0 amide bonds. The summed E-state index contributed by atoms with van der Waals surface area (Å²) in [7, 11) is -7.52. The maximum Gasteiger partial charge on any atom is 0.460 e. The van der Waals surface area contributed by atoms with Crippen LogP contribution in [0, 0.1) is 0 Å². The molecule has 0 aliphatic rings. The number of halogens is 9. The highest BCUT2D eigenvalue weighted by atomic mass is 32.2. The maximum atomic E-state index is 12.2. The normalized spacial score (nSPS) is 13.1. The van der Waals surface area contributed by atoms with E-state index in [1.807, 2.05) is 24.3 Å². The summed E-state index contributed by atoms with van der Waals surface area (Å²) in [5.41, 5.74) is 0. The van der Waals surface area contributed by atoms with Crippen LogP contribution >= 0.6 is 12.9 Å². The molecule has 0 aliphatic heterocycles. The van der Waals surface area contributed by atoms with E-state index in [2.05, 4.69) is 73.6 Å². The van der Waals surface area contributed by atoms with Crippen molar-refractivity contribution in [2.24, 2.45) is 0 Å². The van der Waals surface area contributed by atoms with Crippen molar-refractivity contribution >= 4 is 33.9 Å². The van der Waals surface area contributed by atoms with Crippen LogP contribution in [0.4, 0.5) is 39.5 Å². The van der Waals surface area contributed by atoms with Crippen LogP contribution in [0.3, 0.4) is 0 Å². The molecule has 0 bridgehead atoms. The molecule has 0 radical (unpaired) electrons. The molecule has 0 heterocycles. The van der Waals surface area contributed by atoms with E-state index in [-0.39, 0.29) is 10.9 Å². The minimum atomic E-state index is -7.43. The summed E-state index contributed by atoms with van der Waals surface area (Å²) in [5, 5.41) is -7.11. The monoisotopic (exact) mass is 610 g/mol. The molecule has 208 valence electrons. The Morgan fingerprint density at radius 1 is 0.632 bits per heavy atom. The summed E-state index contributed by atoms with van der Waals surface area (Å²) in [5.74, 6) is -14.1. The largest absolute Gasteiger partial charge is 0.743 e. The van der Waals surface area contributed by atoms with Crippen LogP contribution < -0.4 is 4.18 Å². The highest BCUT2D eigenvalue weighted by Gasteiger charge is 2.83. The molecule has 0 saturated carbocycles. The summed E-state index contributed by atoms with van der Waals surface area (Å²) in [6.07, 6.45) is -7.16. The average molecular weight is 611 g/mol. The molecule has 0 aliphatic carbocycles. The van der Waals surface area contributed by atoms with Crippen molar-refractivity contribution in [1.82, 2.24) is 0 Å². The maximum absolute atomic E-state index is 12.2. The molecule has 0 unspecified atom stereocenters. The number of hydrogen-bond acceptors (Lipinski definition) is 5. The molecular weight excluding hydrogens is 595 g/mol. The van der Waals surface area contributed by atoms with Crippen LogP contribution in [-0.2, 0) is 21.0 Å². The van der Waals surface area contributed by atoms with E-state index in [4.69, 9.17) is 4.18 Å². The average Bonchev–Trinajstić information content (AvgIpc) is 2.85. The second-order valence-electron chi connectivity index (χ2n) is 7.11. The molecule has 0 fully saturated rings. The third kappa shape index (κ3) is 6.52. The first-order chi connectivity index (χ1) is 17.4. The Hall–Kier alpha value is -2.56. The molecule has 3 aromatic rings. The van der Waals surface area contributed by atoms with Crippen LogP contribution in [0.25, 0.3) is 0 Å². The van der Waals surface area contributed by atoms with Gasteiger partial charge in [-0.15, -0.1) is 0 Å². The van der Waals surface area contributed by atoms with E-state index in [1.54, 1.807) is 0 Å². The van der Waals surface area contributed by atoms with Gasteiger partial charge in [0.15, 0.2) is 24.8 Å². The SMILES string of the molecule is O=S(=O)([O-])C(F)(F)C(F)(F)C(F)(F)C(F)(F)F.SOc1ccc([S+](c2ccccc2)c2ccccc2)cc1. The first-order valence-corrected chi connectivity index (χ1v) is 12.8. The van der Waals surface area contributed by atoms with Crippen LogP contribution in [0.1, 0.15) is 0 Å². The quantitative estimate of drug-likeness (QED) is 0.103. The third-order valence-corrected chi connectivity index (χ3v) is 7.88. The second-order valence-corrected chi connectivity index (χ2v) is 10.7. The minimum absolute atomic E-state index is 0.105. The molecule has 0 spiro atoms. The van der Waals surface area contributed by atoms with Gasteiger partial charge in [0.1, 0.15) is 5.75 Å². The zero-order valence-corrected chi connectivity index (χ0v) is 20.9. The van der Waals surface area contributed by atoms with Gasteiger partial charge in [-0.3, -0.25) is 0 Å². The first-order valence-electron chi connectivity index (χ1n) is 9.80. The van der Waals surface area contributed by atoms with E-state index in [9.17, 15) is 52.5 Å². The van der Waals surface area contributed by atoms with Gasteiger partial charge >= 0.3 is 23.3 Å². The third-order valence-electron chi connectivity index (χ3n) is 4.55. The van der Waals surface area contributed by atoms with Crippen LogP contribution in [0.2, 0.25) is 0 Å². The van der Waals surface area contributed by atoms with E-state index >= 15 is 0 Å². The predicted octanol–water partition coefficient (Wildman–Crippen LogP) is 6.96. The Labute approximate surface area is 219 Å². The lowest BCUT2D eigenvalue weighted by molar-refractivity contribution is -0.382. The summed E-state index contributed by atoms with van der Waals surface area (Å²) in [6, 6.07) is 29.3. The van der Waals surface area contributed by atoms with Crippen LogP contribution in [0.5, 0.6) is 5.75 Å². The number of hydrogen-bond donors (Lipinski definition) is 1. The van der Waals surface area contributed by atoms with Crippen molar-refractivity contribution in [3.63, 3.8) is 0 Å². The Morgan fingerprint density at radius 2 is 1.00 bits per heavy atom. The van der Waals surface area contributed by atoms with E-state index in [0.717, 1.165) is 5.75 Å². The fourth-order valence-corrected chi connectivity index (χ4v) is 5.32. The van der Waals surface area contributed by atoms with Crippen molar-refractivity contribution in [3.05, 3.63) is 84.9 Å². The van der Waals surface area contributed by atoms with Gasteiger partial charge in [-0.1, -0.05) is 36.4 Å². The fourth-order valence-electron chi connectivity index (χ4n) is 2.68. The Kier molecular flexibility index (Phi) is 9.72. The van der Waals surface area contributed by atoms with Gasteiger partial charge in [-0.2, -0.15) is 39.5 Å². The van der Waals surface area contributed by atoms with E-state index in [0.29, 0.717) is 0 Å². The standard InChI is InChI=1S/C18H14OS2.C4HF9O3S/c20-19-15-11-13-18(14-12-15)21(16-7-3-1-4-8-16)17-9-5-2-6-10-17;5-1(6,3(9,10)11)2(7,8)4(12,13)17(14,15)16/h1-14H;(H,14,15,16). The van der Waals surface area contributed by atoms with Gasteiger partial charge in [0.25, 0.3) is 0 Å². The molecular formula is C22H15F9O4S3. The molecule has 0 N–H and O–H groups in total. The number of rotatable bonds is 7. The first kappa shape index (κ1) is 31.7. The van der Waals surface area contributed by atoms with Crippen LogP contribution in [0.15, 0.2) is 99.6 Å². The summed E-state index contributed by atoms with van der Waals surface area (Å²) < 4.78 is 140. The molecule has 3 aromatic carbocycles. The van der Waals surface area contributed by atoms with Gasteiger partial charge in [-0.05, 0) is 48.5 Å². The number of benzene rings is 3. The zero-order chi connectivity index (χ0) is 29.0. The van der Waals surface area contributed by atoms with Gasteiger partial charge < -0.3 is 8.74 Å². The Bertz CT molecular complexity index is 1250. The highest BCUT2D eigenvalue weighted by Crippen LogP contribution is 2.54. The predicted molar refractivity (Wildman–Crippen MR) is 122 cm³/mol. The summed E-state index contributed by atoms with van der Waals surface area (Å²) >= 11 is 3.84. The lowest BCUT2D eigenvalue weighted by Gasteiger charge is -2.34. The van der Waals surface area contributed by atoms with Crippen molar-refractivity contribution in [1.29, 1.82) is 0 Å². The fraction of sp³-hybridized carbons (Fsp3) is 0.182. The smallest absolute Gasteiger partial charge is 0.460 e. The van der Waals surface area contributed by atoms with Crippen molar-refractivity contribution in [3.8, 4) is 5.75 Å². The number of thiol groups is 1. The van der Waals surface area contributed by atoms with Gasteiger partial charge in [0.2, 0.25) is 0 Å². The van der Waals surface area contributed by atoms with Crippen molar-refractivity contribution in [2.75, 3.05) is 0 Å². The molecule has 0 saturated heterocycles. The van der Waals surface area contributed by atoms with Gasteiger partial charge in [0.05, 0.1) is 10.9 Å². The van der Waals surface area contributed by atoms with Gasteiger partial charge in [-0.25, -0.2) is 8.42 Å². The lowest BCUT2D eigenvalue weighted by Crippen LogP contribution is -2.63. The van der Waals surface area contributed by atoms with E-state index in [1.165, 1.54) is 14.7 Å². The minimum Gasteiger partial charge on any atom is -0.743 e. The van der Waals surface area contributed by atoms with Crippen LogP contribution in [-0.4, -0.2) is 36.2 Å². The summed E-state index contributed by atoms with van der Waals surface area (Å²) in [6.45, 7) is 0. The van der Waals surface area contributed by atoms with Gasteiger partial charge in [0, 0.05) is 12.9 Å². The molecule has 38 heavy (non-hydrogen) atoms. The van der Waals surface area contributed by atoms with E-state index < -0.39 is 33.4 Å². The molecule has 0 atom stereocenters. The van der Waals surface area contributed by atoms with Crippen molar-refractivity contribution in [2.45, 2.75) is 38.0 Å². The lowest BCUT2D eigenvalue weighted by atomic mass is 10.1. The Morgan fingerprint density at radius 3 is 1.32 bits per heavy atom. The molecule has 4 nitrogen and oxygen atoms in total. The summed E-state index contributed by atoms with van der Waals surface area (Å²) in [4.78, 5) is 3.88. The highest BCUT2D eigenvalue weighted by molar-refractivity contribution is 7.97. The second kappa shape index (κ2) is 11.7. The molecule has 16 heteroatoms. The number of alkyl halides is 9. The zero-order valence-electron chi connectivity index (χ0n) is 18.4. The molecule has 3 rings (SSSR count). The van der Waals surface area contributed by atoms with Crippen molar-refractivity contribution < 1.29 is 56.7 Å².